The Morgan fingerprint density at radius 3 is 2.43 bits per heavy atom. The van der Waals surface area contributed by atoms with E-state index in [-0.39, 0.29) is 5.91 Å². The lowest BCUT2D eigenvalue weighted by Crippen LogP contribution is -2.48. The van der Waals surface area contributed by atoms with Crippen LogP contribution in [0, 0.1) is 6.92 Å². The summed E-state index contributed by atoms with van der Waals surface area (Å²) in [6.07, 6.45) is 3.61. The minimum Gasteiger partial charge on any atom is -0.368 e. The highest BCUT2D eigenvalue weighted by Crippen LogP contribution is 2.16. The first-order valence-corrected chi connectivity index (χ1v) is 7.25. The lowest BCUT2D eigenvalue weighted by Gasteiger charge is -2.36. The van der Waals surface area contributed by atoms with E-state index >= 15 is 0 Å². The molecule has 2 aromatic rings. The van der Waals surface area contributed by atoms with Crippen LogP contribution in [0.3, 0.4) is 0 Å². The number of anilines is 1. The van der Waals surface area contributed by atoms with Gasteiger partial charge in [-0.1, -0.05) is 17.7 Å². The molecule has 108 valence electrons. The van der Waals surface area contributed by atoms with E-state index in [2.05, 4.69) is 9.88 Å². The Hall–Kier alpha value is -2.36. The molecule has 4 heteroatoms. The van der Waals surface area contributed by atoms with E-state index in [9.17, 15) is 4.79 Å². The Bertz CT molecular complexity index is 619. The normalized spacial score (nSPS) is 15.1. The Morgan fingerprint density at radius 2 is 1.76 bits per heavy atom. The molecule has 21 heavy (non-hydrogen) atoms. The fourth-order valence-corrected chi connectivity index (χ4v) is 2.68. The van der Waals surface area contributed by atoms with E-state index in [1.54, 1.807) is 12.4 Å². The van der Waals surface area contributed by atoms with Crippen LogP contribution in [0.15, 0.2) is 48.8 Å². The highest BCUT2D eigenvalue weighted by molar-refractivity contribution is 5.94. The molecule has 1 saturated heterocycles. The summed E-state index contributed by atoms with van der Waals surface area (Å²) in [4.78, 5) is 20.8. The van der Waals surface area contributed by atoms with Crippen molar-refractivity contribution in [2.75, 3.05) is 31.1 Å². The van der Waals surface area contributed by atoms with Gasteiger partial charge in [-0.25, -0.2) is 0 Å². The number of hydrogen-bond donors (Lipinski definition) is 0. The topological polar surface area (TPSA) is 36.4 Å². The van der Waals surface area contributed by atoms with E-state index in [0.717, 1.165) is 37.3 Å². The van der Waals surface area contributed by atoms with E-state index in [1.807, 2.05) is 48.2 Å². The van der Waals surface area contributed by atoms with Crippen molar-refractivity contribution >= 4 is 11.6 Å². The van der Waals surface area contributed by atoms with Crippen LogP contribution in [-0.4, -0.2) is 42.0 Å². The third-order valence-corrected chi connectivity index (χ3v) is 3.86. The number of amides is 1. The molecule has 1 amide bonds. The maximum Gasteiger partial charge on any atom is 0.253 e. The van der Waals surface area contributed by atoms with Gasteiger partial charge in [0.05, 0.1) is 0 Å². The fourth-order valence-electron chi connectivity index (χ4n) is 2.68. The van der Waals surface area contributed by atoms with Gasteiger partial charge in [0.15, 0.2) is 0 Å². The zero-order chi connectivity index (χ0) is 14.7. The van der Waals surface area contributed by atoms with E-state index in [4.69, 9.17) is 0 Å². The molecule has 0 bridgehead atoms. The van der Waals surface area contributed by atoms with Gasteiger partial charge in [0.25, 0.3) is 5.91 Å². The molecule has 1 aliphatic heterocycles. The number of aromatic nitrogens is 1. The number of carbonyl (C=O) groups is 1. The van der Waals surface area contributed by atoms with Crippen molar-refractivity contribution in [3.8, 4) is 0 Å². The lowest BCUT2D eigenvalue weighted by molar-refractivity contribution is 0.0746. The van der Waals surface area contributed by atoms with E-state index < -0.39 is 0 Å². The molecule has 1 aliphatic rings. The van der Waals surface area contributed by atoms with E-state index in [1.165, 1.54) is 5.69 Å². The van der Waals surface area contributed by atoms with E-state index in [0.29, 0.717) is 0 Å². The summed E-state index contributed by atoms with van der Waals surface area (Å²) < 4.78 is 0. The molecule has 0 spiro atoms. The molecule has 2 heterocycles. The number of piperazine rings is 1. The first-order chi connectivity index (χ1) is 10.2. The predicted octanol–water partition coefficient (Wildman–Crippen LogP) is 2.35. The zero-order valence-corrected chi connectivity index (χ0v) is 12.2. The van der Waals surface area contributed by atoms with Crippen LogP contribution >= 0.6 is 0 Å². The van der Waals surface area contributed by atoms with Crippen molar-refractivity contribution < 1.29 is 4.79 Å². The maximum atomic E-state index is 12.5. The summed E-state index contributed by atoms with van der Waals surface area (Å²) in [5.74, 6) is 0.132. The highest BCUT2D eigenvalue weighted by Gasteiger charge is 2.22. The second-order valence-electron chi connectivity index (χ2n) is 5.35. The maximum absolute atomic E-state index is 12.5. The third-order valence-electron chi connectivity index (χ3n) is 3.86. The molecule has 0 saturated carbocycles. The summed E-state index contributed by atoms with van der Waals surface area (Å²) in [6, 6.07) is 11.8. The molecule has 4 nitrogen and oxygen atoms in total. The van der Waals surface area contributed by atoms with Crippen LogP contribution in [0.1, 0.15) is 15.9 Å². The average molecular weight is 281 g/mol. The summed E-state index contributed by atoms with van der Waals surface area (Å²) in [6.45, 7) is 5.26. The minimum absolute atomic E-state index is 0.132. The Labute approximate surface area is 125 Å². The predicted molar refractivity (Wildman–Crippen MR) is 83.5 cm³/mol. The first kappa shape index (κ1) is 13.6. The Kier molecular flexibility index (Phi) is 3.86. The Balaban J connectivity index is 1.64. The standard InChI is InChI=1S/C17H19N3O/c1-14-3-2-4-15(13-14)17(21)20-11-9-19(10-12-20)16-5-7-18-8-6-16/h2-8,13H,9-12H2,1H3. The van der Waals surface area contributed by atoms with Crippen molar-refractivity contribution in [1.82, 2.24) is 9.88 Å². The van der Waals surface area contributed by atoms with Crippen molar-refractivity contribution in [3.63, 3.8) is 0 Å². The molecule has 1 aromatic carbocycles. The summed E-state index contributed by atoms with van der Waals surface area (Å²) in [7, 11) is 0. The quantitative estimate of drug-likeness (QED) is 0.848. The van der Waals surface area contributed by atoms with Gasteiger partial charge in [-0.05, 0) is 31.2 Å². The van der Waals surface area contributed by atoms with Gasteiger partial charge in [0.2, 0.25) is 0 Å². The van der Waals surface area contributed by atoms with Crippen LogP contribution in [0.5, 0.6) is 0 Å². The SMILES string of the molecule is Cc1cccc(C(=O)N2CCN(c3ccncc3)CC2)c1. The van der Waals surface area contributed by atoms with Gasteiger partial charge in [-0.2, -0.15) is 0 Å². The van der Waals surface area contributed by atoms with Gasteiger partial charge in [0.1, 0.15) is 0 Å². The van der Waals surface area contributed by atoms with Crippen LogP contribution in [0.2, 0.25) is 0 Å². The molecule has 0 unspecified atom stereocenters. The summed E-state index contributed by atoms with van der Waals surface area (Å²) in [5, 5.41) is 0. The number of nitrogens with zero attached hydrogens (tertiary/aromatic N) is 3. The Morgan fingerprint density at radius 1 is 1.05 bits per heavy atom. The molecule has 0 radical (unpaired) electrons. The number of pyridine rings is 1. The first-order valence-electron chi connectivity index (χ1n) is 7.25. The van der Waals surface area contributed by atoms with Crippen LogP contribution in [0.25, 0.3) is 0 Å². The fraction of sp³-hybridized carbons (Fsp3) is 0.294. The number of rotatable bonds is 2. The minimum atomic E-state index is 0.132. The summed E-state index contributed by atoms with van der Waals surface area (Å²) in [5.41, 5.74) is 3.08. The summed E-state index contributed by atoms with van der Waals surface area (Å²) >= 11 is 0. The van der Waals surface area contributed by atoms with Crippen LogP contribution in [-0.2, 0) is 0 Å². The van der Waals surface area contributed by atoms with Gasteiger partial charge in [-0.15, -0.1) is 0 Å². The largest absolute Gasteiger partial charge is 0.368 e. The molecule has 0 atom stereocenters. The smallest absolute Gasteiger partial charge is 0.253 e. The highest BCUT2D eigenvalue weighted by atomic mass is 16.2. The number of benzene rings is 1. The second-order valence-corrected chi connectivity index (χ2v) is 5.35. The molecular formula is C17H19N3O. The number of carbonyl (C=O) groups excluding carboxylic acids is 1. The van der Waals surface area contributed by atoms with Crippen molar-refractivity contribution in [3.05, 3.63) is 59.9 Å². The average Bonchev–Trinajstić information content (AvgIpc) is 2.55. The molecular weight excluding hydrogens is 262 g/mol. The van der Waals surface area contributed by atoms with Crippen molar-refractivity contribution in [2.45, 2.75) is 6.92 Å². The molecule has 1 aromatic heterocycles. The van der Waals surface area contributed by atoms with Crippen molar-refractivity contribution in [2.24, 2.45) is 0 Å². The van der Waals surface area contributed by atoms with Crippen molar-refractivity contribution in [1.29, 1.82) is 0 Å². The molecule has 0 N–H and O–H groups in total. The third kappa shape index (κ3) is 3.05. The molecule has 0 aliphatic carbocycles. The second kappa shape index (κ2) is 5.95. The molecule has 1 fully saturated rings. The zero-order valence-electron chi connectivity index (χ0n) is 12.2. The van der Waals surface area contributed by atoms with Crippen LogP contribution in [0.4, 0.5) is 5.69 Å². The number of aryl methyl sites for hydroxylation is 1. The van der Waals surface area contributed by atoms with Gasteiger partial charge in [-0.3, -0.25) is 9.78 Å². The molecule has 3 rings (SSSR count). The lowest BCUT2D eigenvalue weighted by atomic mass is 10.1. The monoisotopic (exact) mass is 281 g/mol. The van der Waals surface area contributed by atoms with Crippen LogP contribution < -0.4 is 4.90 Å². The van der Waals surface area contributed by atoms with Gasteiger partial charge < -0.3 is 9.80 Å². The number of hydrogen-bond acceptors (Lipinski definition) is 3. The van der Waals surface area contributed by atoms with Gasteiger partial charge >= 0.3 is 0 Å². The van der Waals surface area contributed by atoms with Gasteiger partial charge in [0, 0.05) is 49.8 Å².